The average Bonchev–Trinajstić information content (AvgIpc) is 3.22. The van der Waals surface area contributed by atoms with Crippen LogP contribution in [0, 0.1) is 11.6 Å². The van der Waals surface area contributed by atoms with Crippen LogP contribution >= 0.6 is 23.4 Å². The number of rotatable bonds is 5. The molecule has 0 fully saturated rings. The minimum atomic E-state index is -4.14. The van der Waals surface area contributed by atoms with Crippen molar-refractivity contribution in [2.24, 2.45) is 0 Å². The van der Waals surface area contributed by atoms with Gasteiger partial charge in [0.05, 0.1) is 27.3 Å². The van der Waals surface area contributed by atoms with E-state index in [-0.39, 0.29) is 39.3 Å². The van der Waals surface area contributed by atoms with Crippen LogP contribution in [0.3, 0.4) is 0 Å². The van der Waals surface area contributed by atoms with Crippen molar-refractivity contribution in [3.8, 4) is 5.75 Å². The predicted molar refractivity (Wildman–Crippen MR) is 126 cm³/mol. The number of nitrogens with one attached hydrogen (secondary N) is 3. The number of urea groups is 1. The van der Waals surface area contributed by atoms with Gasteiger partial charge in [0.1, 0.15) is 21.6 Å². The van der Waals surface area contributed by atoms with Crippen LogP contribution < -0.4 is 25.0 Å². The quantitative estimate of drug-likeness (QED) is 0.500. The molecule has 0 aliphatic carbocycles. The summed E-state index contributed by atoms with van der Waals surface area (Å²) in [7, 11) is -2.62. The molecule has 3 N–H and O–H groups in total. The standard InChI is InChI=1S/C20H17ClF2N4O5S2/c1-24-15-8-16-11(7-13(15)23)19(28)27(9-32-16)10-2-3-14(12(22)6-10)25-20(29)26-34(30,31)18-5-4-17(21)33-18/h2-3,5-8,17,24H,4,9H2,1H3,(H2,25,26,29). The first-order valence-corrected chi connectivity index (χ1v) is 12.5. The smallest absolute Gasteiger partial charge is 0.333 e. The van der Waals surface area contributed by atoms with Crippen molar-refractivity contribution < 1.29 is 31.5 Å². The van der Waals surface area contributed by atoms with Gasteiger partial charge in [0.15, 0.2) is 6.73 Å². The maximum Gasteiger partial charge on any atom is 0.333 e. The average molecular weight is 531 g/mol. The molecule has 2 aromatic carbocycles. The number of nitrogens with zero attached hydrogens (tertiary/aromatic N) is 1. The first kappa shape index (κ1) is 24.1. The zero-order chi connectivity index (χ0) is 24.6. The fourth-order valence-electron chi connectivity index (χ4n) is 3.24. The topological polar surface area (TPSA) is 117 Å². The van der Waals surface area contributed by atoms with E-state index >= 15 is 0 Å². The van der Waals surface area contributed by atoms with Crippen molar-refractivity contribution in [2.75, 3.05) is 29.3 Å². The summed E-state index contributed by atoms with van der Waals surface area (Å²) in [5, 5.41) is 4.76. The molecule has 14 heteroatoms. The number of sulfonamides is 1. The first-order valence-electron chi connectivity index (χ1n) is 9.69. The van der Waals surface area contributed by atoms with Crippen LogP contribution in [0.25, 0.3) is 0 Å². The molecule has 0 radical (unpaired) electrons. The maximum absolute atomic E-state index is 14.7. The molecule has 2 heterocycles. The van der Waals surface area contributed by atoms with E-state index in [2.05, 4.69) is 10.6 Å². The highest BCUT2D eigenvalue weighted by molar-refractivity contribution is 8.19. The molecule has 3 amide bonds. The van der Waals surface area contributed by atoms with E-state index in [1.54, 1.807) is 4.72 Å². The summed E-state index contributed by atoms with van der Waals surface area (Å²) in [6, 6.07) is 4.65. The summed E-state index contributed by atoms with van der Waals surface area (Å²) in [4.78, 5) is 26.0. The zero-order valence-corrected chi connectivity index (χ0v) is 19.8. The van der Waals surface area contributed by atoms with E-state index in [0.29, 0.717) is 6.42 Å². The van der Waals surface area contributed by atoms with Crippen molar-refractivity contribution in [3.05, 3.63) is 57.8 Å². The molecule has 1 atom stereocenters. The molecule has 9 nitrogen and oxygen atoms in total. The van der Waals surface area contributed by atoms with Crippen LogP contribution in [-0.2, 0) is 10.0 Å². The highest BCUT2D eigenvalue weighted by Crippen LogP contribution is 2.37. The first-order chi connectivity index (χ1) is 16.1. The van der Waals surface area contributed by atoms with Gasteiger partial charge in [-0.15, -0.1) is 11.6 Å². The minimum Gasteiger partial charge on any atom is -0.472 e. The number of anilines is 3. The normalized spacial score (nSPS) is 17.5. The van der Waals surface area contributed by atoms with Crippen LogP contribution in [0.4, 0.5) is 30.6 Å². The Morgan fingerprint density at radius 2 is 1.94 bits per heavy atom. The van der Waals surface area contributed by atoms with Crippen molar-refractivity contribution in [2.45, 2.75) is 11.1 Å². The Morgan fingerprint density at radius 1 is 1.21 bits per heavy atom. The lowest BCUT2D eigenvalue weighted by atomic mass is 10.1. The second-order valence-electron chi connectivity index (χ2n) is 7.10. The lowest BCUT2D eigenvalue weighted by Gasteiger charge is -2.29. The highest BCUT2D eigenvalue weighted by atomic mass is 35.5. The molecule has 2 aromatic rings. The summed E-state index contributed by atoms with van der Waals surface area (Å²) in [6.07, 6.45) is 1.71. The number of fused-ring (bicyclic) bond motifs is 1. The van der Waals surface area contributed by atoms with Gasteiger partial charge in [-0.2, -0.15) is 0 Å². The van der Waals surface area contributed by atoms with Gasteiger partial charge in [-0.1, -0.05) is 17.8 Å². The van der Waals surface area contributed by atoms with Crippen molar-refractivity contribution >= 4 is 62.4 Å². The van der Waals surface area contributed by atoms with Gasteiger partial charge in [0, 0.05) is 13.1 Å². The van der Waals surface area contributed by atoms with E-state index in [1.165, 1.54) is 25.3 Å². The fraction of sp³-hybridized carbons (Fsp3) is 0.200. The zero-order valence-electron chi connectivity index (χ0n) is 17.4. The lowest BCUT2D eigenvalue weighted by Crippen LogP contribution is -2.39. The van der Waals surface area contributed by atoms with Crippen LogP contribution in [0.2, 0.25) is 0 Å². The largest absolute Gasteiger partial charge is 0.472 e. The maximum atomic E-state index is 14.7. The SMILES string of the molecule is CNc1cc2c(cc1F)C(=O)N(c1ccc(NC(=O)NS(=O)(=O)C3=CCC(Cl)S3)c(F)c1)CO2. The van der Waals surface area contributed by atoms with E-state index in [0.717, 1.165) is 34.9 Å². The minimum absolute atomic E-state index is 0.0341. The number of carbonyl (C=O) groups is 2. The summed E-state index contributed by atoms with van der Waals surface area (Å²) in [5.74, 6) is -2.01. The Balaban J connectivity index is 1.48. The molecule has 0 saturated heterocycles. The van der Waals surface area contributed by atoms with Gasteiger partial charge in [-0.3, -0.25) is 9.69 Å². The highest BCUT2D eigenvalue weighted by Gasteiger charge is 2.30. The summed E-state index contributed by atoms with van der Waals surface area (Å²) in [5.41, 5.74) is -0.110. The number of benzene rings is 2. The van der Waals surface area contributed by atoms with Gasteiger partial charge in [-0.05, 0) is 30.7 Å². The Kier molecular flexibility index (Phi) is 6.60. The van der Waals surface area contributed by atoms with Crippen LogP contribution in [0.5, 0.6) is 5.75 Å². The number of allylic oxidation sites excluding steroid dienone is 1. The number of carbonyl (C=O) groups excluding carboxylic acids is 2. The number of alkyl halides is 1. The van der Waals surface area contributed by atoms with Gasteiger partial charge < -0.3 is 15.4 Å². The van der Waals surface area contributed by atoms with Crippen LogP contribution in [0.15, 0.2) is 40.6 Å². The number of ether oxygens (including phenoxy) is 1. The second-order valence-corrected chi connectivity index (χ2v) is 11.0. The Morgan fingerprint density at radius 3 is 2.59 bits per heavy atom. The molecule has 180 valence electrons. The lowest BCUT2D eigenvalue weighted by molar-refractivity contribution is 0.0936. The summed E-state index contributed by atoms with van der Waals surface area (Å²) in [6.45, 7) is -0.250. The predicted octanol–water partition coefficient (Wildman–Crippen LogP) is 4.00. The third kappa shape index (κ3) is 4.76. The molecule has 4 rings (SSSR count). The molecule has 1 unspecified atom stereocenters. The number of hydrogen-bond acceptors (Lipinski definition) is 7. The van der Waals surface area contributed by atoms with Crippen molar-refractivity contribution in [1.29, 1.82) is 0 Å². The van der Waals surface area contributed by atoms with E-state index in [4.69, 9.17) is 16.3 Å². The number of halogens is 3. The molecule has 34 heavy (non-hydrogen) atoms. The second kappa shape index (κ2) is 9.31. The number of amides is 3. The van der Waals surface area contributed by atoms with E-state index in [1.807, 2.05) is 0 Å². The van der Waals surface area contributed by atoms with Crippen molar-refractivity contribution in [1.82, 2.24) is 4.72 Å². The third-order valence-electron chi connectivity index (χ3n) is 4.88. The Hall–Kier alpha value is -3.03. The summed E-state index contributed by atoms with van der Waals surface area (Å²) >= 11 is 6.73. The Bertz CT molecular complexity index is 1320. The monoisotopic (exact) mass is 530 g/mol. The van der Waals surface area contributed by atoms with Gasteiger partial charge in [0.25, 0.3) is 15.9 Å². The molecule has 0 saturated carbocycles. The Labute approximate surface area is 202 Å². The van der Waals surface area contributed by atoms with Gasteiger partial charge in [0.2, 0.25) is 0 Å². The van der Waals surface area contributed by atoms with Crippen LogP contribution in [0.1, 0.15) is 16.8 Å². The van der Waals surface area contributed by atoms with Gasteiger partial charge >= 0.3 is 6.03 Å². The molecule has 0 bridgehead atoms. The molecule has 0 spiro atoms. The third-order valence-corrected chi connectivity index (χ3v) is 8.27. The molecule has 0 aromatic heterocycles. The van der Waals surface area contributed by atoms with Crippen LogP contribution in [-0.4, -0.2) is 38.8 Å². The molecule has 2 aliphatic rings. The summed E-state index contributed by atoms with van der Waals surface area (Å²) < 4.78 is 60.0. The number of thioether (sulfide) groups is 1. The molecular formula is C20H17ClF2N4O5S2. The molecular weight excluding hydrogens is 514 g/mol. The molecule has 2 aliphatic heterocycles. The van der Waals surface area contributed by atoms with E-state index in [9.17, 15) is 26.8 Å². The van der Waals surface area contributed by atoms with E-state index < -0.39 is 38.3 Å². The fourth-order valence-corrected chi connectivity index (χ4v) is 6.10. The number of hydrogen-bond donors (Lipinski definition) is 3. The van der Waals surface area contributed by atoms with Gasteiger partial charge in [-0.25, -0.2) is 26.7 Å². The van der Waals surface area contributed by atoms with Crippen molar-refractivity contribution in [3.63, 3.8) is 0 Å².